The molecule has 1 aliphatic carbocycles. The molecule has 0 aromatic heterocycles. The summed E-state index contributed by atoms with van der Waals surface area (Å²) in [5.41, 5.74) is -0.498. The van der Waals surface area contributed by atoms with E-state index in [9.17, 15) is 5.11 Å². The van der Waals surface area contributed by atoms with E-state index in [1.807, 2.05) is 0 Å². The van der Waals surface area contributed by atoms with E-state index >= 15 is 0 Å². The number of aliphatic hydroxyl groups is 1. The van der Waals surface area contributed by atoms with Crippen molar-refractivity contribution in [1.82, 2.24) is 5.32 Å². The van der Waals surface area contributed by atoms with Crippen LogP contribution in [0.15, 0.2) is 0 Å². The second-order valence-electron chi connectivity index (χ2n) is 4.76. The van der Waals surface area contributed by atoms with E-state index in [1.54, 1.807) is 0 Å². The van der Waals surface area contributed by atoms with E-state index in [2.05, 4.69) is 5.32 Å². The number of rotatable bonds is 4. The lowest BCUT2D eigenvalue weighted by molar-refractivity contribution is -0.0620. The Kier molecular flexibility index (Phi) is 3.42. The van der Waals surface area contributed by atoms with Crippen molar-refractivity contribution in [2.24, 2.45) is 5.92 Å². The molecule has 2 fully saturated rings. The van der Waals surface area contributed by atoms with Crippen LogP contribution in [0.2, 0.25) is 0 Å². The molecule has 2 aliphatic rings. The maximum Gasteiger partial charge on any atom is 0.0815 e. The van der Waals surface area contributed by atoms with Crippen LogP contribution in [0.1, 0.15) is 32.1 Å². The van der Waals surface area contributed by atoms with Crippen molar-refractivity contribution in [3.63, 3.8) is 0 Å². The smallest absolute Gasteiger partial charge is 0.0815 e. The lowest BCUT2D eigenvalue weighted by atomic mass is 9.85. The molecule has 1 aliphatic heterocycles. The quantitative estimate of drug-likeness (QED) is 0.707. The van der Waals surface area contributed by atoms with Crippen molar-refractivity contribution >= 4 is 0 Å². The Labute approximate surface area is 85.8 Å². The van der Waals surface area contributed by atoms with Crippen LogP contribution in [-0.4, -0.2) is 37.0 Å². The lowest BCUT2D eigenvalue weighted by Gasteiger charge is -2.33. The summed E-state index contributed by atoms with van der Waals surface area (Å²) in [6.07, 6.45) is 5.70. The van der Waals surface area contributed by atoms with Gasteiger partial charge in [-0.25, -0.2) is 0 Å². The zero-order valence-electron chi connectivity index (χ0n) is 8.80. The third-order valence-electron chi connectivity index (χ3n) is 3.54. The first kappa shape index (κ1) is 10.4. The first-order valence-corrected chi connectivity index (χ1v) is 5.79. The molecule has 14 heavy (non-hydrogen) atoms. The molecule has 2 rings (SSSR count). The van der Waals surface area contributed by atoms with Gasteiger partial charge in [-0.1, -0.05) is 6.42 Å². The standard InChI is InChI=1S/C11H21NO2/c13-11(4-6-14-7-5-11)9-12-8-10-2-1-3-10/h10,12-13H,1-9H2. The minimum absolute atomic E-state index is 0.498. The van der Waals surface area contributed by atoms with Gasteiger partial charge < -0.3 is 15.2 Å². The average molecular weight is 199 g/mol. The zero-order valence-corrected chi connectivity index (χ0v) is 8.80. The number of nitrogens with one attached hydrogen (secondary N) is 1. The van der Waals surface area contributed by atoms with Gasteiger partial charge in [-0.2, -0.15) is 0 Å². The van der Waals surface area contributed by atoms with Gasteiger partial charge in [0.25, 0.3) is 0 Å². The molecular weight excluding hydrogens is 178 g/mol. The first-order chi connectivity index (χ1) is 6.79. The number of ether oxygens (including phenoxy) is 1. The molecule has 0 radical (unpaired) electrons. The zero-order chi connectivity index (χ0) is 9.86. The predicted octanol–water partition coefficient (Wildman–Crippen LogP) is 0.918. The van der Waals surface area contributed by atoms with Crippen molar-refractivity contribution in [2.75, 3.05) is 26.3 Å². The van der Waals surface area contributed by atoms with Crippen molar-refractivity contribution in [3.05, 3.63) is 0 Å². The Morgan fingerprint density at radius 3 is 2.57 bits per heavy atom. The number of hydrogen-bond acceptors (Lipinski definition) is 3. The Morgan fingerprint density at radius 1 is 1.29 bits per heavy atom. The maximum atomic E-state index is 10.1. The van der Waals surface area contributed by atoms with Crippen LogP contribution in [-0.2, 0) is 4.74 Å². The Hall–Kier alpha value is -0.120. The molecule has 0 aromatic carbocycles. The summed E-state index contributed by atoms with van der Waals surface area (Å²) in [6, 6.07) is 0. The normalized spacial score (nSPS) is 27.2. The molecule has 0 unspecified atom stereocenters. The minimum atomic E-state index is -0.498. The van der Waals surface area contributed by atoms with Crippen LogP contribution in [0.4, 0.5) is 0 Å². The fourth-order valence-electron chi connectivity index (χ4n) is 2.13. The predicted molar refractivity (Wildman–Crippen MR) is 55.2 cm³/mol. The third kappa shape index (κ3) is 2.69. The van der Waals surface area contributed by atoms with E-state index < -0.39 is 5.60 Å². The number of hydrogen-bond donors (Lipinski definition) is 2. The largest absolute Gasteiger partial charge is 0.388 e. The molecule has 2 N–H and O–H groups in total. The lowest BCUT2D eigenvalue weighted by Crippen LogP contribution is -2.46. The van der Waals surface area contributed by atoms with Crippen LogP contribution < -0.4 is 5.32 Å². The fourth-order valence-corrected chi connectivity index (χ4v) is 2.13. The monoisotopic (exact) mass is 199 g/mol. The van der Waals surface area contributed by atoms with Crippen molar-refractivity contribution in [3.8, 4) is 0 Å². The summed E-state index contributed by atoms with van der Waals surface area (Å²) >= 11 is 0. The van der Waals surface area contributed by atoms with Gasteiger partial charge in [-0.15, -0.1) is 0 Å². The van der Waals surface area contributed by atoms with Crippen molar-refractivity contribution < 1.29 is 9.84 Å². The van der Waals surface area contributed by atoms with Crippen LogP contribution >= 0.6 is 0 Å². The first-order valence-electron chi connectivity index (χ1n) is 5.79. The van der Waals surface area contributed by atoms with E-state index in [4.69, 9.17) is 4.74 Å². The highest BCUT2D eigenvalue weighted by molar-refractivity contribution is 4.84. The molecule has 0 spiro atoms. The highest BCUT2D eigenvalue weighted by atomic mass is 16.5. The van der Waals surface area contributed by atoms with Crippen LogP contribution in [0, 0.1) is 5.92 Å². The highest BCUT2D eigenvalue weighted by Gasteiger charge is 2.29. The van der Waals surface area contributed by atoms with E-state index in [0.29, 0.717) is 13.2 Å². The van der Waals surface area contributed by atoms with Gasteiger partial charge in [0.1, 0.15) is 0 Å². The highest BCUT2D eigenvalue weighted by Crippen LogP contribution is 2.25. The van der Waals surface area contributed by atoms with Gasteiger partial charge in [-0.05, 0) is 25.3 Å². The summed E-state index contributed by atoms with van der Waals surface area (Å²) < 4.78 is 5.24. The van der Waals surface area contributed by atoms with Gasteiger partial charge in [0, 0.05) is 32.6 Å². The topological polar surface area (TPSA) is 41.5 Å². The SMILES string of the molecule is OC1(CNCC2CCC2)CCOCC1. The van der Waals surface area contributed by atoms with Gasteiger partial charge in [0.15, 0.2) is 0 Å². The average Bonchev–Trinajstić information content (AvgIpc) is 2.11. The summed E-state index contributed by atoms with van der Waals surface area (Å²) in [5.74, 6) is 0.874. The van der Waals surface area contributed by atoms with Crippen molar-refractivity contribution in [1.29, 1.82) is 0 Å². The molecule has 0 atom stereocenters. The molecule has 82 valence electrons. The molecule has 0 amide bonds. The molecule has 0 bridgehead atoms. The third-order valence-corrected chi connectivity index (χ3v) is 3.54. The van der Waals surface area contributed by atoms with Crippen molar-refractivity contribution in [2.45, 2.75) is 37.7 Å². The summed E-state index contributed by atoms with van der Waals surface area (Å²) in [5, 5.41) is 13.5. The molecule has 1 saturated carbocycles. The molecule has 3 heteroatoms. The second-order valence-corrected chi connectivity index (χ2v) is 4.76. The molecule has 1 saturated heterocycles. The van der Waals surface area contributed by atoms with E-state index in [0.717, 1.165) is 31.8 Å². The Morgan fingerprint density at radius 2 is 2.00 bits per heavy atom. The summed E-state index contributed by atoms with van der Waals surface area (Å²) in [4.78, 5) is 0. The minimum Gasteiger partial charge on any atom is -0.388 e. The second kappa shape index (κ2) is 4.60. The van der Waals surface area contributed by atoms with Gasteiger partial charge >= 0.3 is 0 Å². The van der Waals surface area contributed by atoms with Crippen LogP contribution in [0.25, 0.3) is 0 Å². The van der Waals surface area contributed by atoms with Crippen LogP contribution in [0.5, 0.6) is 0 Å². The molecule has 3 nitrogen and oxygen atoms in total. The summed E-state index contributed by atoms with van der Waals surface area (Å²) in [7, 11) is 0. The van der Waals surface area contributed by atoms with Crippen LogP contribution in [0.3, 0.4) is 0 Å². The fraction of sp³-hybridized carbons (Fsp3) is 1.00. The molecule has 0 aromatic rings. The molecular formula is C11H21NO2. The maximum absolute atomic E-state index is 10.1. The van der Waals surface area contributed by atoms with E-state index in [-0.39, 0.29) is 0 Å². The van der Waals surface area contributed by atoms with E-state index in [1.165, 1.54) is 19.3 Å². The van der Waals surface area contributed by atoms with Gasteiger partial charge in [0.05, 0.1) is 5.60 Å². The summed E-state index contributed by atoms with van der Waals surface area (Å²) in [6.45, 7) is 3.25. The molecule has 1 heterocycles. The van der Waals surface area contributed by atoms with Gasteiger partial charge in [-0.3, -0.25) is 0 Å². The Bertz CT molecular complexity index is 174. The van der Waals surface area contributed by atoms with Gasteiger partial charge in [0.2, 0.25) is 0 Å². The Balaban J connectivity index is 1.62.